The molecule has 0 aliphatic heterocycles. The largest absolute Gasteiger partial charge is 1.00 e. The van der Waals surface area contributed by atoms with Crippen molar-refractivity contribution in [2.45, 2.75) is 89.6 Å². The molecule has 0 aromatic rings. The zero-order chi connectivity index (χ0) is 22.3. The summed E-state index contributed by atoms with van der Waals surface area (Å²) in [6, 6.07) is 0. The molecule has 0 aliphatic carbocycles. The summed E-state index contributed by atoms with van der Waals surface area (Å²) in [5.74, 6) is -5.29. The van der Waals surface area contributed by atoms with Crippen LogP contribution in [-0.4, -0.2) is 53.9 Å². The molecule has 12 heteroatoms. The van der Waals surface area contributed by atoms with E-state index in [1.807, 2.05) is 0 Å². The Labute approximate surface area is 201 Å². The zero-order valence-corrected chi connectivity index (χ0v) is 20.6. The van der Waals surface area contributed by atoms with Crippen molar-refractivity contribution in [3.63, 3.8) is 0 Å². The summed E-state index contributed by atoms with van der Waals surface area (Å²) in [6.07, 6.45) is 7.77. The van der Waals surface area contributed by atoms with Crippen molar-refractivity contribution in [3.8, 4) is 0 Å². The van der Waals surface area contributed by atoms with Crippen molar-refractivity contribution in [2.24, 2.45) is 0 Å². The quantitative estimate of drug-likeness (QED) is 0.178. The third-order valence-corrected chi connectivity index (χ3v) is 5.04. The van der Waals surface area contributed by atoms with E-state index in [1.165, 1.54) is 32.1 Å². The predicted molar refractivity (Wildman–Crippen MR) is 103 cm³/mol. The summed E-state index contributed by atoms with van der Waals surface area (Å²) in [4.78, 5) is 33.1. The first-order chi connectivity index (χ1) is 13.5. The molecule has 1 atom stereocenters. The molecule has 0 rings (SSSR count). The normalized spacial score (nSPS) is 13.1. The van der Waals surface area contributed by atoms with E-state index in [-0.39, 0.29) is 37.6 Å². The third kappa shape index (κ3) is 16.0. The SMILES string of the molecule is CCCCCCCCCCCCOS(=O)(=O)OC(=O)CC(O)(CC(=O)O)C(=O)O.[H-].[Na+]. The summed E-state index contributed by atoms with van der Waals surface area (Å²) in [7, 11) is -4.72. The molecule has 0 saturated carbocycles. The monoisotopic (exact) mass is 464 g/mol. The Bertz CT molecular complexity index is 629. The Hall–Kier alpha value is -0.720. The van der Waals surface area contributed by atoms with Crippen LogP contribution in [0.4, 0.5) is 0 Å². The Morgan fingerprint density at radius 1 is 0.867 bits per heavy atom. The van der Waals surface area contributed by atoms with Gasteiger partial charge in [0, 0.05) is 0 Å². The second kappa shape index (κ2) is 16.9. The Balaban J connectivity index is -0.00000392. The molecule has 0 spiro atoms. The first-order valence-electron chi connectivity index (χ1n) is 9.81. The van der Waals surface area contributed by atoms with Gasteiger partial charge in [0.15, 0.2) is 5.60 Å². The van der Waals surface area contributed by atoms with Crippen LogP contribution >= 0.6 is 0 Å². The first kappa shape index (κ1) is 31.5. The van der Waals surface area contributed by atoms with Gasteiger partial charge in [-0.25, -0.2) is 8.98 Å². The number of aliphatic carboxylic acids is 2. The first-order valence-corrected chi connectivity index (χ1v) is 11.1. The van der Waals surface area contributed by atoms with Gasteiger partial charge in [-0.05, 0) is 6.42 Å². The third-order valence-electron chi connectivity index (χ3n) is 4.20. The standard InChI is InChI=1S/C18H32O10S.Na.H/c1-2-3-4-5-6-7-8-9-10-11-12-27-29(25,26)28-16(21)14-18(24,17(22)23)13-15(19)20;;/h24H,2-14H2,1H3,(H,19,20)(H,22,23);;/q;+1;-1. The van der Waals surface area contributed by atoms with Gasteiger partial charge in [-0.2, -0.15) is 8.42 Å². The number of carbonyl (C=O) groups is 3. The van der Waals surface area contributed by atoms with E-state index in [0.717, 1.165) is 25.7 Å². The smallest absolute Gasteiger partial charge is 1.00 e. The van der Waals surface area contributed by atoms with Crippen LogP contribution in [0.1, 0.15) is 85.4 Å². The van der Waals surface area contributed by atoms with Crippen molar-refractivity contribution in [3.05, 3.63) is 0 Å². The van der Waals surface area contributed by atoms with Crippen molar-refractivity contribution in [1.82, 2.24) is 0 Å². The van der Waals surface area contributed by atoms with E-state index in [0.29, 0.717) is 6.42 Å². The van der Waals surface area contributed by atoms with Gasteiger partial charge in [0.1, 0.15) is 0 Å². The average molecular weight is 465 g/mol. The van der Waals surface area contributed by atoms with Crippen LogP contribution in [0.2, 0.25) is 0 Å². The van der Waals surface area contributed by atoms with Crippen LogP contribution in [0.15, 0.2) is 0 Å². The van der Waals surface area contributed by atoms with E-state index in [9.17, 15) is 27.9 Å². The molecule has 0 radical (unpaired) electrons. The van der Waals surface area contributed by atoms with Crippen LogP contribution in [-0.2, 0) is 33.1 Å². The van der Waals surface area contributed by atoms with Gasteiger partial charge < -0.3 is 20.9 Å². The maximum absolute atomic E-state index is 11.6. The van der Waals surface area contributed by atoms with E-state index < -0.39 is 46.7 Å². The van der Waals surface area contributed by atoms with Gasteiger partial charge in [-0.3, -0.25) is 9.59 Å². The average Bonchev–Trinajstić information content (AvgIpc) is 2.58. The molecular formula is C18H33NaO10S. The van der Waals surface area contributed by atoms with E-state index >= 15 is 0 Å². The van der Waals surface area contributed by atoms with Crippen LogP contribution < -0.4 is 29.6 Å². The molecule has 0 saturated heterocycles. The van der Waals surface area contributed by atoms with Gasteiger partial charge in [-0.1, -0.05) is 64.7 Å². The van der Waals surface area contributed by atoms with Crippen molar-refractivity contribution in [1.29, 1.82) is 0 Å². The molecule has 0 aliphatic rings. The number of hydrogen-bond acceptors (Lipinski definition) is 8. The Morgan fingerprint density at radius 3 is 1.77 bits per heavy atom. The predicted octanol–water partition coefficient (Wildman–Crippen LogP) is -0.491. The number of rotatable bonds is 18. The molecule has 10 nitrogen and oxygen atoms in total. The fourth-order valence-corrected chi connectivity index (χ4v) is 3.28. The fraction of sp³-hybridized carbons (Fsp3) is 0.833. The molecule has 0 heterocycles. The van der Waals surface area contributed by atoms with Gasteiger partial charge in [0.25, 0.3) is 0 Å². The maximum atomic E-state index is 11.6. The number of unbranched alkanes of at least 4 members (excludes halogenated alkanes) is 9. The molecule has 172 valence electrons. The summed E-state index contributed by atoms with van der Waals surface area (Å²) in [6.45, 7) is 1.96. The molecule has 0 aromatic carbocycles. The van der Waals surface area contributed by atoms with Gasteiger partial charge in [-0.15, -0.1) is 0 Å². The zero-order valence-electron chi connectivity index (χ0n) is 18.8. The second-order valence-corrected chi connectivity index (χ2v) is 8.17. The minimum Gasteiger partial charge on any atom is -1.00 e. The van der Waals surface area contributed by atoms with E-state index in [1.54, 1.807) is 0 Å². The minimum atomic E-state index is -4.72. The second-order valence-electron chi connectivity index (χ2n) is 6.95. The molecule has 30 heavy (non-hydrogen) atoms. The molecule has 0 fully saturated rings. The maximum Gasteiger partial charge on any atom is 1.00 e. The molecule has 3 N–H and O–H groups in total. The molecular weight excluding hydrogens is 431 g/mol. The van der Waals surface area contributed by atoms with Crippen LogP contribution in [0.25, 0.3) is 0 Å². The summed E-state index contributed by atoms with van der Waals surface area (Å²) in [5, 5.41) is 27.1. The molecule has 0 amide bonds. The van der Waals surface area contributed by atoms with E-state index in [4.69, 9.17) is 10.2 Å². The number of hydrogen-bond donors (Lipinski definition) is 3. The number of carboxylic acids is 2. The van der Waals surface area contributed by atoms with Crippen LogP contribution in [0.3, 0.4) is 0 Å². The molecule has 0 aromatic heterocycles. The summed E-state index contributed by atoms with van der Waals surface area (Å²) < 4.78 is 31.7. The number of aliphatic hydroxyl groups is 1. The minimum absolute atomic E-state index is 0. The fourth-order valence-electron chi connectivity index (χ4n) is 2.62. The van der Waals surface area contributed by atoms with Gasteiger partial charge in [0.05, 0.1) is 19.4 Å². The topological polar surface area (TPSA) is 165 Å². The van der Waals surface area contributed by atoms with Crippen LogP contribution in [0.5, 0.6) is 0 Å². The van der Waals surface area contributed by atoms with Crippen molar-refractivity contribution >= 4 is 28.3 Å². The Kier molecular flexibility index (Phi) is 17.7. The summed E-state index contributed by atoms with van der Waals surface area (Å²) in [5.41, 5.74) is -2.98. The summed E-state index contributed by atoms with van der Waals surface area (Å²) >= 11 is 0. The molecule has 1 unspecified atom stereocenters. The Morgan fingerprint density at radius 2 is 1.33 bits per heavy atom. The van der Waals surface area contributed by atoms with E-state index in [2.05, 4.69) is 15.3 Å². The van der Waals surface area contributed by atoms with Gasteiger partial charge in [0.2, 0.25) is 0 Å². The van der Waals surface area contributed by atoms with Crippen LogP contribution in [0, 0.1) is 0 Å². The number of carbonyl (C=O) groups excluding carboxylic acids is 1. The molecule has 0 bridgehead atoms. The number of carboxylic acid groups (broad SMARTS) is 2. The van der Waals surface area contributed by atoms with Gasteiger partial charge >= 0.3 is 57.9 Å². The van der Waals surface area contributed by atoms with Crippen molar-refractivity contribution < 1.29 is 77.5 Å². The van der Waals surface area contributed by atoms with Crippen molar-refractivity contribution in [2.75, 3.05) is 6.61 Å².